The molecule has 1 saturated carbocycles. The average molecular weight is 415 g/mol. The molecule has 1 unspecified atom stereocenters. The zero-order valence-corrected chi connectivity index (χ0v) is 19.3. The zero-order valence-electron chi connectivity index (χ0n) is 19.3. The van der Waals surface area contributed by atoms with Crippen molar-refractivity contribution in [1.82, 2.24) is 0 Å². The van der Waals surface area contributed by atoms with Gasteiger partial charge in [-0.1, -0.05) is 87.4 Å². The van der Waals surface area contributed by atoms with Crippen molar-refractivity contribution in [2.75, 3.05) is 0 Å². The Balaban J connectivity index is 1.70. The Bertz CT molecular complexity index is 840. The summed E-state index contributed by atoms with van der Waals surface area (Å²) in [7, 11) is 0. The normalized spacial score (nSPS) is 20.6. The number of rotatable bonds is 10. The topological polar surface area (TPSA) is 24.7 Å². The first-order chi connectivity index (χ1) is 15.2. The fourth-order valence-electron chi connectivity index (χ4n) is 4.83. The molecule has 1 aliphatic carbocycles. The van der Waals surface area contributed by atoms with E-state index < -0.39 is 0 Å². The number of benzene rings is 2. The van der Waals surface area contributed by atoms with Gasteiger partial charge in [0.2, 0.25) is 0 Å². The highest BCUT2D eigenvalue weighted by Crippen LogP contribution is 2.36. The van der Waals surface area contributed by atoms with Gasteiger partial charge in [0.15, 0.2) is 0 Å². The van der Waals surface area contributed by atoms with E-state index in [0.29, 0.717) is 5.92 Å². The first-order valence-corrected chi connectivity index (χ1v) is 12.1. The number of hydrogen-bond acceptors (Lipinski definition) is 2. The van der Waals surface area contributed by atoms with Crippen LogP contribution in [-0.4, -0.2) is 11.9 Å². The van der Waals surface area contributed by atoms with Crippen molar-refractivity contribution in [1.29, 1.82) is 0 Å². The number of allylic oxidation sites excluding steroid dienone is 1. The van der Waals surface area contributed by atoms with Gasteiger partial charge < -0.3 is 0 Å². The van der Waals surface area contributed by atoms with E-state index in [2.05, 4.69) is 80.1 Å². The van der Waals surface area contributed by atoms with Gasteiger partial charge in [-0.05, 0) is 67.1 Å². The quantitative estimate of drug-likeness (QED) is 0.215. The number of hydrogen-bond donors (Lipinski definition) is 0. The highest BCUT2D eigenvalue weighted by molar-refractivity contribution is 6.02. The zero-order chi connectivity index (χ0) is 21.9. The molecule has 0 radical (unpaired) electrons. The van der Waals surface area contributed by atoms with Crippen LogP contribution in [0.25, 0.3) is 0 Å². The largest absolute Gasteiger partial charge is 0.158 e. The summed E-state index contributed by atoms with van der Waals surface area (Å²) in [6.45, 7) is 8.54. The van der Waals surface area contributed by atoms with E-state index in [9.17, 15) is 0 Å². The molecule has 164 valence electrons. The smallest absolute Gasteiger partial charge is 0.0733 e. The molecule has 31 heavy (non-hydrogen) atoms. The molecule has 2 nitrogen and oxygen atoms in total. The monoisotopic (exact) mass is 414 g/mol. The molecule has 2 aromatic carbocycles. The van der Waals surface area contributed by atoms with E-state index in [1.807, 2.05) is 12.3 Å². The fraction of sp³-hybridized carbons (Fsp3) is 0.448. The Morgan fingerprint density at radius 3 is 2.39 bits per heavy atom. The fourth-order valence-corrected chi connectivity index (χ4v) is 4.83. The van der Waals surface area contributed by atoms with Crippen molar-refractivity contribution in [3.8, 4) is 0 Å². The molecule has 1 aliphatic rings. The molecule has 1 fully saturated rings. The molecule has 0 spiro atoms. The second kappa shape index (κ2) is 12.4. The number of nitrogens with zero attached hydrogens (tertiary/aromatic N) is 2. The van der Waals surface area contributed by atoms with Crippen LogP contribution in [0.15, 0.2) is 77.5 Å². The maximum atomic E-state index is 4.76. The molecule has 0 saturated heterocycles. The van der Waals surface area contributed by atoms with Crippen molar-refractivity contribution in [3.63, 3.8) is 0 Å². The molecule has 0 aromatic heterocycles. The van der Waals surface area contributed by atoms with Crippen molar-refractivity contribution < 1.29 is 0 Å². The first kappa shape index (κ1) is 23.2. The molecular formula is C29H38N2. The predicted octanol–water partition coefficient (Wildman–Crippen LogP) is 7.87. The van der Waals surface area contributed by atoms with Gasteiger partial charge in [0, 0.05) is 5.92 Å². The van der Waals surface area contributed by atoms with Gasteiger partial charge in [-0.2, -0.15) is 10.2 Å². The first-order valence-electron chi connectivity index (χ1n) is 12.1. The van der Waals surface area contributed by atoms with E-state index in [4.69, 9.17) is 5.10 Å². The molecule has 1 atom stereocenters. The Labute approximate surface area is 189 Å². The molecule has 0 aliphatic heterocycles. The molecule has 3 rings (SSSR count). The van der Waals surface area contributed by atoms with Crippen molar-refractivity contribution in [2.45, 2.75) is 65.2 Å². The van der Waals surface area contributed by atoms with Crippen molar-refractivity contribution in [2.24, 2.45) is 28.0 Å². The predicted molar refractivity (Wildman–Crippen MR) is 135 cm³/mol. The molecule has 0 amide bonds. The van der Waals surface area contributed by atoms with Gasteiger partial charge in [0.1, 0.15) is 0 Å². The maximum Gasteiger partial charge on any atom is 0.0733 e. The van der Waals surface area contributed by atoms with Crippen LogP contribution in [-0.2, 0) is 6.42 Å². The second-order valence-corrected chi connectivity index (χ2v) is 9.04. The Morgan fingerprint density at radius 2 is 1.74 bits per heavy atom. The lowest BCUT2D eigenvalue weighted by Gasteiger charge is -2.32. The highest BCUT2D eigenvalue weighted by atomic mass is 15.2. The van der Waals surface area contributed by atoms with Gasteiger partial charge in [-0.15, -0.1) is 6.58 Å². The maximum absolute atomic E-state index is 4.76. The van der Waals surface area contributed by atoms with Gasteiger partial charge in [0.05, 0.1) is 11.9 Å². The average Bonchev–Trinajstić information content (AvgIpc) is 2.82. The Morgan fingerprint density at radius 1 is 1.03 bits per heavy atom. The number of aryl methyl sites for hydroxylation is 1. The van der Waals surface area contributed by atoms with Crippen LogP contribution in [0.5, 0.6) is 0 Å². The van der Waals surface area contributed by atoms with E-state index in [0.717, 1.165) is 36.0 Å². The lowest BCUT2D eigenvalue weighted by Crippen LogP contribution is -2.25. The minimum absolute atomic E-state index is 0.505. The summed E-state index contributed by atoms with van der Waals surface area (Å²) < 4.78 is 0. The summed E-state index contributed by atoms with van der Waals surface area (Å²) in [6.07, 6.45) is 13.6. The van der Waals surface area contributed by atoms with E-state index in [1.165, 1.54) is 49.7 Å². The molecule has 2 heteroatoms. The summed E-state index contributed by atoms with van der Waals surface area (Å²) in [5, 5.41) is 9.28. The minimum atomic E-state index is 0.505. The van der Waals surface area contributed by atoms with Gasteiger partial charge in [0.25, 0.3) is 0 Å². The SMILES string of the molecule is C=CCCc1ccc(C=NN=C(c2ccccc2)C2CCC(C(C)CCC)CC2)cc1. The molecule has 0 heterocycles. The van der Waals surface area contributed by atoms with E-state index in [-0.39, 0.29) is 0 Å². The molecular weight excluding hydrogens is 376 g/mol. The summed E-state index contributed by atoms with van der Waals surface area (Å²) in [5.74, 6) is 2.22. The second-order valence-electron chi connectivity index (χ2n) is 9.04. The van der Waals surface area contributed by atoms with Crippen LogP contribution in [0, 0.1) is 17.8 Å². The third-order valence-electron chi connectivity index (χ3n) is 6.77. The van der Waals surface area contributed by atoms with Crippen molar-refractivity contribution >= 4 is 11.9 Å². The van der Waals surface area contributed by atoms with Crippen molar-refractivity contribution in [3.05, 3.63) is 83.9 Å². The van der Waals surface area contributed by atoms with Gasteiger partial charge in [-0.25, -0.2) is 0 Å². The van der Waals surface area contributed by atoms with E-state index >= 15 is 0 Å². The van der Waals surface area contributed by atoms with Crippen LogP contribution >= 0.6 is 0 Å². The lowest BCUT2D eigenvalue weighted by atomic mass is 9.73. The van der Waals surface area contributed by atoms with Gasteiger partial charge >= 0.3 is 0 Å². The summed E-state index contributed by atoms with van der Waals surface area (Å²) in [4.78, 5) is 0. The molecule has 0 N–H and O–H groups in total. The van der Waals surface area contributed by atoms with Crippen LogP contribution in [0.4, 0.5) is 0 Å². The highest BCUT2D eigenvalue weighted by Gasteiger charge is 2.28. The van der Waals surface area contributed by atoms with Crippen LogP contribution in [0.2, 0.25) is 0 Å². The van der Waals surface area contributed by atoms with Gasteiger partial charge in [-0.3, -0.25) is 0 Å². The summed E-state index contributed by atoms with van der Waals surface area (Å²) >= 11 is 0. The van der Waals surface area contributed by atoms with E-state index in [1.54, 1.807) is 0 Å². The summed E-state index contributed by atoms with van der Waals surface area (Å²) in [6, 6.07) is 19.2. The summed E-state index contributed by atoms with van der Waals surface area (Å²) in [5.41, 5.74) is 4.79. The lowest BCUT2D eigenvalue weighted by molar-refractivity contribution is 0.232. The van der Waals surface area contributed by atoms with Crippen LogP contribution < -0.4 is 0 Å². The van der Waals surface area contributed by atoms with Crippen LogP contribution in [0.1, 0.15) is 75.5 Å². The Hall–Kier alpha value is -2.48. The molecule has 2 aromatic rings. The minimum Gasteiger partial charge on any atom is -0.158 e. The molecule has 0 bridgehead atoms. The third kappa shape index (κ3) is 7.02. The third-order valence-corrected chi connectivity index (χ3v) is 6.77. The Kier molecular flexibility index (Phi) is 9.27. The van der Waals surface area contributed by atoms with Crippen LogP contribution in [0.3, 0.4) is 0 Å². The standard InChI is InChI=1S/C29H38N2/c1-4-6-11-24-14-16-25(17-15-24)22-30-31-29(27-12-8-7-9-13-27)28-20-18-26(19-21-28)23(3)10-5-2/h4,7-9,12-17,22-23,26,28H,1,5-6,10-11,18-21H2,2-3H3.